The van der Waals surface area contributed by atoms with Crippen LogP contribution >= 0.6 is 0 Å². The Morgan fingerprint density at radius 1 is 1.38 bits per heavy atom. The van der Waals surface area contributed by atoms with Crippen LogP contribution in [0.3, 0.4) is 0 Å². The number of methoxy groups -OCH3 is 1. The number of ether oxygens (including phenoxy) is 2. The molecule has 1 saturated carbocycles. The van der Waals surface area contributed by atoms with Crippen LogP contribution < -0.4 is 15.4 Å². The molecule has 0 unspecified atom stereocenters. The summed E-state index contributed by atoms with van der Waals surface area (Å²) in [5.74, 6) is 1.28. The molecule has 1 aromatic carbocycles. The van der Waals surface area contributed by atoms with E-state index in [4.69, 9.17) is 9.47 Å². The molecule has 0 spiro atoms. The number of hydrogen-bond acceptors (Lipinski definition) is 3. The summed E-state index contributed by atoms with van der Waals surface area (Å²) in [6.07, 6.45) is 3.32. The van der Waals surface area contributed by atoms with Crippen LogP contribution in [0.1, 0.15) is 30.7 Å². The Morgan fingerprint density at radius 2 is 2.19 bits per heavy atom. The number of benzene rings is 1. The average molecular weight is 290 g/mol. The summed E-state index contributed by atoms with van der Waals surface area (Å²) < 4.78 is 10.6. The zero-order valence-electron chi connectivity index (χ0n) is 12.3. The molecule has 1 aliphatic heterocycles. The van der Waals surface area contributed by atoms with Crippen LogP contribution in [0.5, 0.6) is 5.75 Å². The van der Waals surface area contributed by atoms with E-state index in [1.807, 2.05) is 12.1 Å². The molecule has 2 amide bonds. The summed E-state index contributed by atoms with van der Waals surface area (Å²) in [6.45, 7) is 1.42. The molecule has 5 nitrogen and oxygen atoms in total. The van der Waals surface area contributed by atoms with Crippen molar-refractivity contribution in [1.82, 2.24) is 10.6 Å². The van der Waals surface area contributed by atoms with Crippen LogP contribution in [-0.4, -0.2) is 38.4 Å². The first-order valence-corrected chi connectivity index (χ1v) is 7.56. The first kappa shape index (κ1) is 14.2. The number of urea groups is 1. The van der Waals surface area contributed by atoms with E-state index in [1.165, 1.54) is 5.56 Å². The van der Waals surface area contributed by atoms with E-state index in [9.17, 15) is 4.79 Å². The molecule has 0 aromatic heterocycles. The van der Waals surface area contributed by atoms with Crippen LogP contribution in [0.2, 0.25) is 0 Å². The molecule has 1 heterocycles. The summed E-state index contributed by atoms with van der Waals surface area (Å²) in [5, 5.41) is 5.91. The fourth-order valence-corrected chi connectivity index (χ4v) is 2.81. The van der Waals surface area contributed by atoms with Gasteiger partial charge in [0.15, 0.2) is 0 Å². The van der Waals surface area contributed by atoms with Crippen LogP contribution in [0, 0.1) is 0 Å². The SMILES string of the molecule is COc1ccc([C@@H]2C[C@H]2NC(=O)NC[C@@H]2CCCO2)cc1. The fraction of sp³-hybridized carbons (Fsp3) is 0.562. The van der Waals surface area contributed by atoms with Gasteiger partial charge in [0.05, 0.1) is 13.2 Å². The van der Waals surface area contributed by atoms with Crippen LogP contribution in [0.4, 0.5) is 4.79 Å². The highest BCUT2D eigenvalue weighted by molar-refractivity contribution is 5.75. The van der Waals surface area contributed by atoms with Crippen molar-refractivity contribution in [3.8, 4) is 5.75 Å². The third kappa shape index (κ3) is 3.67. The minimum Gasteiger partial charge on any atom is -0.497 e. The van der Waals surface area contributed by atoms with Gasteiger partial charge in [-0.1, -0.05) is 12.1 Å². The first-order chi connectivity index (χ1) is 10.3. The molecular formula is C16H22N2O3. The Morgan fingerprint density at radius 3 is 2.86 bits per heavy atom. The Labute approximate surface area is 125 Å². The second kappa shape index (κ2) is 6.35. The number of hydrogen-bond donors (Lipinski definition) is 2. The Balaban J connectivity index is 1.41. The first-order valence-electron chi connectivity index (χ1n) is 7.56. The van der Waals surface area contributed by atoms with E-state index in [1.54, 1.807) is 7.11 Å². The molecule has 0 radical (unpaired) electrons. The number of amides is 2. The van der Waals surface area contributed by atoms with Crippen molar-refractivity contribution >= 4 is 6.03 Å². The molecule has 2 aliphatic rings. The summed E-state index contributed by atoms with van der Waals surface area (Å²) in [5.41, 5.74) is 1.25. The number of carbonyl (C=O) groups is 1. The number of rotatable bonds is 5. The highest BCUT2D eigenvalue weighted by atomic mass is 16.5. The second-order valence-electron chi connectivity index (χ2n) is 5.71. The summed E-state index contributed by atoms with van der Waals surface area (Å²) >= 11 is 0. The highest BCUT2D eigenvalue weighted by Crippen LogP contribution is 2.41. The normalized spacial score (nSPS) is 27.2. The lowest BCUT2D eigenvalue weighted by Gasteiger charge is -2.11. The lowest BCUT2D eigenvalue weighted by Crippen LogP contribution is -2.40. The van der Waals surface area contributed by atoms with E-state index in [0.717, 1.165) is 31.6 Å². The Hall–Kier alpha value is -1.75. The molecule has 0 bridgehead atoms. The fourth-order valence-electron chi connectivity index (χ4n) is 2.81. The molecule has 2 N–H and O–H groups in total. The van der Waals surface area contributed by atoms with Gasteiger partial charge in [0, 0.05) is 25.1 Å². The van der Waals surface area contributed by atoms with E-state index in [2.05, 4.69) is 22.8 Å². The van der Waals surface area contributed by atoms with E-state index < -0.39 is 0 Å². The van der Waals surface area contributed by atoms with E-state index in [-0.39, 0.29) is 18.2 Å². The van der Waals surface area contributed by atoms with Gasteiger partial charge in [-0.2, -0.15) is 0 Å². The van der Waals surface area contributed by atoms with Gasteiger partial charge >= 0.3 is 6.03 Å². The van der Waals surface area contributed by atoms with Gasteiger partial charge in [0.25, 0.3) is 0 Å². The smallest absolute Gasteiger partial charge is 0.315 e. The third-order valence-corrected chi connectivity index (χ3v) is 4.17. The molecular weight excluding hydrogens is 268 g/mol. The van der Waals surface area contributed by atoms with Crippen LogP contribution in [0.15, 0.2) is 24.3 Å². The van der Waals surface area contributed by atoms with Gasteiger partial charge in [-0.15, -0.1) is 0 Å². The zero-order valence-corrected chi connectivity index (χ0v) is 12.3. The zero-order chi connectivity index (χ0) is 14.7. The molecule has 21 heavy (non-hydrogen) atoms. The lowest BCUT2D eigenvalue weighted by molar-refractivity contribution is 0.111. The maximum Gasteiger partial charge on any atom is 0.315 e. The van der Waals surface area contributed by atoms with E-state index >= 15 is 0 Å². The van der Waals surface area contributed by atoms with Gasteiger partial charge in [-0.05, 0) is 37.0 Å². The standard InChI is InChI=1S/C16H22N2O3/c1-20-12-6-4-11(5-7-12)14-9-15(14)18-16(19)17-10-13-3-2-8-21-13/h4-7,13-15H,2-3,8-10H2,1H3,(H2,17,18,19)/t13-,14-,15+/m0/s1. The van der Waals surface area contributed by atoms with Crippen molar-refractivity contribution in [2.24, 2.45) is 0 Å². The Bertz CT molecular complexity index is 483. The average Bonchev–Trinajstić information content (AvgIpc) is 3.07. The largest absolute Gasteiger partial charge is 0.497 e. The topological polar surface area (TPSA) is 59.6 Å². The number of nitrogens with one attached hydrogen (secondary N) is 2. The monoisotopic (exact) mass is 290 g/mol. The summed E-state index contributed by atoms with van der Waals surface area (Å²) in [4.78, 5) is 11.8. The van der Waals surface area contributed by atoms with E-state index in [0.29, 0.717) is 12.5 Å². The molecule has 5 heteroatoms. The molecule has 1 aliphatic carbocycles. The summed E-state index contributed by atoms with van der Waals surface area (Å²) in [7, 11) is 1.66. The maximum atomic E-state index is 11.8. The van der Waals surface area contributed by atoms with Crippen molar-refractivity contribution in [2.45, 2.75) is 37.3 Å². The van der Waals surface area contributed by atoms with Crippen molar-refractivity contribution < 1.29 is 14.3 Å². The molecule has 1 aromatic rings. The molecule has 2 fully saturated rings. The van der Waals surface area contributed by atoms with Crippen LogP contribution in [-0.2, 0) is 4.74 Å². The number of carbonyl (C=O) groups excluding carboxylic acids is 1. The van der Waals surface area contributed by atoms with Gasteiger partial charge in [-0.25, -0.2) is 4.79 Å². The van der Waals surface area contributed by atoms with Crippen molar-refractivity contribution in [3.05, 3.63) is 29.8 Å². The minimum absolute atomic E-state index is 0.0912. The molecule has 3 rings (SSSR count). The predicted octanol–water partition coefficient (Wildman–Crippen LogP) is 2.03. The van der Waals surface area contributed by atoms with Crippen molar-refractivity contribution in [2.75, 3.05) is 20.3 Å². The molecule has 114 valence electrons. The van der Waals surface area contributed by atoms with Gasteiger partial charge in [-0.3, -0.25) is 0 Å². The second-order valence-corrected chi connectivity index (χ2v) is 5.71. The van der Waals surface area contributed by atoms with Gasteiger partial charge in [0.1, 0.15) is 5.75 Å². The van der Waals surface area contributed by atoms with Crippen molar-refractivity contribution in [3.63, 3.8) is 0 Å². The van der Waals surface area contributed by atoms with Crippen LogP contribution in [0.25, 0.3) is 0 Å². The molecule has 3 atom stereocenters. The highest BCUT2D eigenvalue weighted by Gasteiger charge is 2.39. The van der Waals surface area contributed by atoms with Crippen molar-refractivity contribution in [1.29, 1.82) is 0 Å². The third-order valence-electron chi connectivity index (χ3n) is 4.17. The quantitative estimate of drug-likeness (QED) is 0.872. The predicted molar refractivity (Wildman–Crippen MR) is 79.6 cm³/mol. The lowest BCUT2D eigenvalue weighted by atomic mass is 10.1. The van der Waals surface area contributed by atoms with Gasteiger partial charge in [0.2, 0.25) is 0 Å². The molecule has 1 saturated heterocycles. The minimum atomic E-state index is -0.0912. The Kier molecular flexibility index (Phi) is 4.29. The van der Waals surface area contributed by atoms with Gasteiger partial charge < -0.3 is 20.1 Å². The maximum absolute atomic E-state index is 11.8. The summed E-state index contributed by atoms with van der Waals surface area (Å²) in [6, 6.07) is 8.20.